The number of halogens is 2. The van der Waals surface area contributed by atoms with E-state index in [0.717, 1.165) is 53.0 Å². The zero-order chi connectivity index (χ0) is 31.5. The fraction of sp³-hybridized carbons (Fsp3) is 0.400. The molecule has 3 aromatic carbocycles. The predicted octanol–water partition coefficient (Wildman–Crippen LogP) is 11.2. The highest BCUT2D eigenvalue weighted by Gasteiger charge is 1.97. The first-order valence-electron chi connectivity index (χ1n) is 15.0. The highest BCUT2D eigenvalue weighted by atomic mass is 35.5. The third-order valence-electron chi connectivity index (χ3n) is 5.93. The molecule has 0 fully saturated rings. The molecular formula is C40H48ClF. The number of benzene rings is 3. The van der Waals surface area contributed by atoms with Crippen LogP contribution in [0.5, 0.6) is 0 Å². The van der Waals surface area contributed by atoms with Crippen LogP contribution in [-0.4, -0.2) is 0 Å². The lowest BCUT2D eigenvalue weighted by atomic mass is 10.1. The van der Waals surface area contributed by atoms with E-state index in [2.05, 4.69) is 108 Å². The lowest BCUT2D eigenvalue weighted by Crippen LogP contribution is -1.85. The topological polar surface area (TPSA) is 0 Å². The molecule has 0 N–H and O–H groups in total. The van der Waals surface area contributed by atoms with E-state index in [4.69, 9.17) is 11.6 Å². The zero-order valence-electron chi connectivity index (χ0n) is 27.1. The lowest BCUT2D eigenvalue weighted by molar-refractivity contribution is 0.618. The summed E-state index contributed by atoms with van der Waals surface area (Å²) in [5, 5.41) is 0.793. The predicted molar refractivity (Wildman–Crippen MR) is 182 cm³/mol. The Hall–Kier alpha value is -3.44. The van der Waals surface area contributed by atoms with Gasteiger partial charge in [0.05, 0.1) is 0 Å². The lowest BCUT2D eigenvalue weighted by Gasteiger charge is -1.97. The van der Waals surface area contributed by atoms with Gasteiger partial charge < -0.3 is 0 Å². The molecule has 0 bridgehead atoms. The Balaban J connectivity index is 0.000000315. The molecule has 0 atom stereocenters. The van der Waals surface area contributed by atoms with Gasteiger partial charge in [-0.05, 0) is 91.1 Å². The number of aryl methyl sites for hydroxylation is 3. The van der Waals surface area contributed by atoms with Gasteiger partial charge in [-0.15, -0.1) is 0 Å². The Morgan fingerprint density at radius 2 is 1.00 bits per heavy atom. The smallest absolute Gasteiger partial charge is 0.127 e. The Morgan fingerprint density at radius 3 is 1.40 bits per heavy atom. The molecule has 0 aromatic heterocycles. The molecule has 0 heterocycles. The second-order valence-corrected chi connectivity index (χ2v) is 12.1. The van der Waals surface area contributed by atoms with Gasteiger partial charge in [0, 0.05) is 41.0 Å². The standard InChI is InChI=1S/C14H18.C13H15Cl.C13H15F/c1-4-13-8-10-14(11-9-13)7-5-6-12(2)3;2*1-10(2)5-4-6-12-8-7-11(3)13(14)9-12/h8-12H,4,6H2,1-3H3;2*7-10H,5H2,1-3H3. The second-order valence-electron chi connectivity index (χ2n) is 11.7. The highest BCUT2D eigenvalue weighted by Crippen LogP contribution is 2.16. The number of hydrogen-bond donors (Lipinski definition) is 0. The van der Waals surface area contributed by atoms with Crippen molar-refractivity contribution in [2.24, 2.45) is 17.8 Å². The van der Waals surface area contributed by atoms with Gasteiger partial charge in [0.1, 0.15) is 5.82 Å². The Morgan fingerprint density at radius 1 is 0.595 bits per heavy atom. The van der Waals surface area contributed by atoms with Crippen LogP contribution in [0.4, 0.5) is 4.39 Å². The van der Waals surface area contributed by atoms with Crippen molar-refractivity contribution in [3.05, 3.63) is 105 Å². The van der Waals surface area contributed by atoms with Gasteiger partial charge in [0.25, 0.3) is 0 Å². The summed E-state index contributed by atoms with van der Waals surface area (Å²) in [5.41, 5.74) is 6.03. The molecule has 0 nitrogen and oxygen atoms in total. The first-order chi connectivity index (χ1) is 19.9. The molecule has 0 amide bonds. The van der Waals surface area contributed by atoms with Gasteiger partial charge in [-0.2, -0.15) is 0 Å². The molecular weight excluding hydrogens is 535 g/mol. The van der Waals surface area contributed by atoms with Crippen molar-refractivity contribution in [3.8, 4) is 35.5 Å². The second kappa shape index (κ2) is 20.4. The normalized spacial score (nSPS) is 9.76. The minimum Gasteiger partial charge on any atom is -0.207 e. The molecule has 0 radical (unpaired) electrons. The maximum atomic E-state index is 13.1. The molecule has 2 heteroatoms. The highest BCUT2D eigenvalue weighted by molar-refractivity contribution is 6.31. The largest absolute Gasteiger partial charge is 0.207 e. The molecule has 0 aliphatic heterocycles. The van der Waals surface area contributed by atoms with Crippen LogP contribution in [0.25, 0.3) is 0 Å². The summed E-state index contributed by atoms with van der Waals surface area (Å²) >= 11 is 5.99. The molecule has 222 valence electrons. The summed E-state index contributed by atoms with van der Waals surface area (Å²) in [6.07, 6.45) is 3.87. The van der Waals surface area contributed by atoms with E-state index in [-0.39, 0.29) is 5.82 Å². The molecule has 0 aliphatic carbocycles. The van der Waals surface area contributed by atoms with Gasteiger partial charge >= 0.3 is 0 Å². The first kappa shape index (κ1) is 36.6. The van der Waals surface area contributed by atoms with Crippen LogP contribution in [0, 0.1) is 72.9 Å². The fourth-order valence-corrected chi connectivity index (χ4v) is 3.42. The molecule has 42 heavy (non-hydrogen) atoms. The summed E-state index contributed by atoms with van der Waals surface area (Å²) < 4.78 is 13.1. The van der Waals surface area contributed by atoms with Crippen LogP contribution >= 0.6 is 11.6 Å². The van der Waals surface area contributed by atoms with Gasteiger partial charge in [-0.1, -0.05) is 120 Å². The summed E-state index contributed by atoms with van der Waals surface area (Å²) in [4.78, 5) is 0. The van der Waals surface area contributed by atoms with Crippen molar-refractivity contribution >= 4 is 11.6 Å². The first-order valence-corrected chi connectivity index (χ1v) is 15.4. The maximum Gasteiger partial charge on any atom is 0.127 e. The van der Waals surface area contributed by atoms with Crippen molar-refractivity contribution in [2.75, 3.05) is 0 Å². The van der Waals surface area contributed by atoms with E-state index in [0.29, 0.717) is 23.3 Å². The van der Waals surface area contributed by atoms with Crippen LogP contribution in [0.2, 0.25) is 5.02 Å². The van der Waals surface area contributed by atoms with E-state index in [1.54, 1.807) is 13.0 Å². The van der Waals surface area contributed by atoms with Crippen molar-refractivity contribution in [2.45, 2.75) is 88.0 Å². The fourth-order valence-electron chi connectivity index (χ4n) is 3.24. The molecule has 3 aromatic rings. The third-order valence-corrected chi connectivity index (χ3v) is 6.34. The van der Waals surface area contributed by atoms with E-state index in [1.807, 2.05) is 31.2 Å². The molecule has 0 unspecified atom stereocenters. The number of hydrogen-bond acceptors (Lipinski definition) is 0. The summed E-state index contributed by atoms with van der Waals surface area (Å²) in [7, 11) is 0. The van der Waals surface area contributed by atoms with Crippen LogP contribution in [0.15, 0.2) is 60.7 Å². The molecule has 0 saturated carbocycles. The average molecular weight is 583 g/mol. The summed E-state index contributed by atoms with van der Waals surface area (Å²) in [5.74, 6) is 20.3. The van der Waals surface area contributed by atoms with E-state index in [1.165, 1.54) is 11.6 Å². The van der Waals surface area contributed by atoms with E-state index < -0.39 is 0 Å². The van der Waals surface area contributed by atoms with Crippen molar-refractivity contribution < 1.29 is 4.39 Å². The third kappa shape index (κ3) is 16.7. The van der Waals surface area contributed by atoms with Gasteiger partial charge in [-0.3, -0.25) is 0 Å². The Labute approximate surface area is 261 Å². The minimum absolute atomic E-state index is 0.179. The monoisotopic (exact) mass is 582 g/mol. The maximum absolute atomic E-state index is 13.1. The van der Waals surface area contributed by atoms with Crippen LogP contribution in [0.3, 0.4) is 0 Å². The van der Waals surface area contributed by atoms with E-state index in [9.17, 15) is 4.39 Å². The minimum atomic E-state index is -0.179. The molecule has 3 rings (SSSR count). The van der Waals surface area contributed by atoms with Gasteiger partial charge in [0.15, 0.2) is 0 Å². The van der Waals surface area contributed by atoms with Crippen LogP contribution in [-0.2, 0) is 6.42 Å². The Kier molecular flexibility index (Phi) is 17.8. The van der Waals surface area contributed by atoms with Crippen LogP contribution in [0.1, 0.15) is 101 Å². The molecule has 0 aliphatic rings. The average Bonchev–Trinajstić information content (AvgIpc) is 2.93. The summed E-state index contributed by atoms with van der Waals surface area (Å²) in [6.45, 7) is 18.8. The van der Waals surface area contributed by atoms with Crippen molar-refractivity contribution in [1.82, 2.24) is 0 Å². The summed E-state index contributed by atoms with van der Waals surface area (Å²) in [6, 6.07) is 19.5. The van der Waals surface area contributed by atoms with Crippen LogP contribution < -0.4 is 0 Å². The Bertz CT molecular complexity index is 1330. The quantitative estimate of drug-likeness (QED) is 0.268. The van der Waals surface area contributed by atoms with Gasteiger partial charge in [-0.25, -0.2) is 4.39 Å². The molecule has 0 saturated heterocycles. The number of rotatable bonds is 4. The van der Waals surface area contributed by atoms with Crippen molar-refractivity contribution in [1.29, 1.82) is 0 Å². The zero-order valence-corrected chi connectivity index (χ0v) is 27.8. The van der Waals surface area contributed by atoms with Gasteiger partial charge in [0.2, 0.25) is 0 Å². The van der Waals surface area contributed by atoms with Crippen molar-refractivity contribution in [3.63, 3.8) is 0 Å². The SMILES string of the molecule is CCc1ccc(C#CCC(C)C)cc1.Cc1ccc(C#CCC(C)C)cc1Cl.Cc1ccc(C#CCC(C)C)cc1F. The van der Waals surface area contributed by atoms with E-state index >= 15 is 0 Å². The molecule has 0 spiro atoms.